The van der Waals surface area contributed by atoms with Crippen LogP contribution in [0.15, 0.2) is 66.6 Å². The fourth-order valence-electron chi connectivity index (χ4n) is 7.09. The Labute approximate surface area is 301 Å². The van der Waals surface area contributed by atoms with E-state index in [1.54, 1.807) is 39.0 Å². The van der Waals surface area contributed by atoms with Crippen LogP contribution >= 0.6 is 11.6 Å². The van der Waals surface area contributed by atoms with E-state index >= 15 is 0 Å². The van der Waals surface area contributed by atoms with E-state index in [0.717, 1.165) is 43.2 Å². The molecular formula is C38H50ClN3O7S. The van der Waals surface area contributed by atoms with Crippen LogP contribution in [0.3, 0.4) is 0 Å². The molecule has 2 aliphatic carbocycles. The first-order valence-electron chi connectivity index (χ1n) is 17.5. The Morgan fingerprint density at radius 3 is 2.52 bits per heavy atom. The van der Waals surface area contributed by atoms with Crippen molar-refractivity contribution >= 4 is 39.3 Å². The molecule has 1 heterocycles. The van der Waals surface area contributed by atoms with E-state index in [1.807, 2.05) is 18.2 Å². The molecule has 3 aliphatic rings. The predicted octanol–water partition coefficient (Wildman–Crippen LogP) is 6.79. The maximum atomic E-state index is 14.0. The van der Waals surface area contributed by atoms with Crippen molar-refractivity contribution in [3.63, 3.8) is 0 Å². The zero-order chi connectivity index (χ0) is 36.3. The molecular weight excluding hydrogens is 678 g/mol. The second kappa shape index (κ2) is 15.4. The van der Waals surface area contributed by atoms with Gasteiger partial charge in [0.15, 0.2) is 0 Å². The van der Waals surface area contributed by atoms with Crippen LogP contribution in [0, 0.1) is 11.8 Å². The monoisotopic (exact) mass is 727 g/mol. The topological polar surface area (TPSA) is 125 Å². The fourth-order valence-corrected chi connectivity index (χ4v) is 8.35. The van der Waals surface area contributed by atoms with Crippen molar-refractivity contribution < 1.29 is 32.6 Å². The first kappa shape index (κ1) is 37.7. The number of hydrogen-bond donors (Lipinski definition) is 2. The normalized spacial score (nSPS) is 20.9. The van der Waals surface area contributed by atoms with E-state index < -0.39 is 39.3 Å². The molecule has 3 atom stereocenters. The van der Waals surface area contributed by atoms with E-state index in [-0.39, 0.29) is 29.9 Å². The lowest BCUT2D eigenvalue weighted by Crippen LogP contribution is -2.65. The highest BCUT2D eigenvalue weighted by atomic mass is 35.5. The van der Waals surface area contributed by atoms with Crippen molar-refractivity contribution in [1.82, 2.24) is 9.62 Å². The van der Waals surface area contributed by atoms with Gasteiger partial charge in [0.25, 0.3) is 15.9 Å². The van der Waals surface area contributed by atoms with Crippen molar-refractivity contribution in [1.29, 1.82) is 0 Å². The highest BCUT2D eigenvalue weighted by molar-refractivity contribution is 7.90. The number of nitrogens with zero attached hydrogens (tertiary/aromatic N) is 2. The minimum atomic E-state index is -4.39. The van der Waals surface area contributed by atoms with E-state index in [4.69, 9.17) is 21.1 Å². The number of anilines is 1. The summed E-state index contributed by atoms with van der Waals surface area (Å²) in [4.78, 5) is 30.5. The predicted molar refractivity (Wildman–Crippen MR) is 195 cm³/mol. The molecule has 5 rings (SSSR count). The number of rotatable bonds is 10. The maximum absolute atomic E-state index is 14.0. The molecule has 272 valence electrons. The average molecular weight is 728 g/mol. The van der Waals surface area contributed by atoms with Crippen molar-refractivity contribution in [3.05, 3.63) is 77.9 Å². The summed E-state index contributed by atoms with van der Waals surface area (Å²) in [7, 11) is -4.39. The molecule has 12 heteroatoms. The molecule has 0 unspecified atom stereocenters. The van der Waals surface area contributed by atoms with Gasteiger partial charge in [0.1, 0.15) is 23.5 Å². The summed E-state index contributed by atoms with van der Waals surface area (Å²) in [5.41, 5.74) is 0.513. The molecule has 2 N–H and O–H groups in total. The second-order valence-corrected chi connectivity index (χ2v) is 16.8. The molecule has 0 radical (unpaired) electrons. The standard InChI is InChI=1S/C38H50ClN3O7S/c1-6-20-42(36(45)49-37(3,4)5)38(18-10-19-38)35(44)40-50(46,47)30-15-17-34-32(23-30)41(24-27-13-16-31(27)33(43)7-2)21-9-8-11-26-22-29(39)14-12-28(26)25-48-34/h6-7,12,14-15,17,22-23,27,31,33,43H,1-2,8-11,13,16,18-21,24-25H2,3-5H3,(H,40,44)/t27-,31+,33-/m0/s1. The highest BCUT2D eigenvalue weighted by Crippen LogP contribution is 2.42. The summed E-state index contributed by atoms with van der Waals surface area (Å²) >= 11 is 6.33. The number of fused-ring (bicyclic) bond motifs is 2. The second-order valence-electron chi connectivity index (χ2n) is 14.7. The summed E-state index contributed by atoms with van der Waals surface area (Å²) in [6, 6.07) is 10.4. The average Bonchev–Trinajstić information content (AvgIpc) is 3.04. The Morgan fingerprint density at radius 1 is 1.14 bits per heavy atom. The number of aliphatic hydroxyl groups excluding tert-OH is 1. The number of ether oxygens (including phenoxy) is 2. The number of nitrogens with one attached hydrogen (secondary N) is 1. The van der Waals surface area contributed by atoms with Gasteiger partial charge in [0.05, 0.1) is 16.7 Å². The molecule has 2 amide bonds. The quantitative estimate of drug-likeness (QED) is 0.257. The van der Waals surface area contributed by atoms with Crippen molar-refractivity contribution in [2.24, 2.45) is 11.8 Å². The first-order valence-corrected chi connectivity index (χ1v) is 19.3. The molecule has 2 saturated carbocycles. The summed E-state index contributed by atoms with van der Waals surface area (Å²) in [5.74, 6) is -0.0308. The lowest BCUT2D eigenvalue weighted by atomic mass is 9.70. The molecule has 0 spiro atoms. The van der Waals surface area contributed by atoms with Crippen molar-refractivity contribution in [2.75, 3.05) is 24.5 Å². The van der Waals surface area contributed by atoms with Gasteiger partial charge in [-0.15, -0.1) is 13.2 Å². The molecule has 0 aromatic heterocycles. The van der Waals surface area contributed by atoms with Crippen molar-refractivity contribution in [2.45, 2.75) is 101 Å². The molecule has 0 saturated heterocycles. The fraction of sp³-hybridized carbons (Fsp3) is 0.526. The Morgan fingerprint density at radius 2 is 1.90 bits per heavy atom. The minimum Gasteiger partial charge on any atom is -0.487 e. The lowest BCUT2D eigenvalue weighted by molar-refractivity contribution is -0.137. The Kier molecular flexibility index (Phi) is 11.6. The van der Waals surface area contributed by atoms with Crippen LogP contribution in [0.2, 0.25) is 5.02 Å². The summed E-state index contributed by atoms with van der Waals surface area (Å²) in [6.45, 7) is 14.2. The third kappa shape index (κ3) is 8.32. The van der Waals surface area contributed by atoms with Crippen LogP contribution in [0.1, 0.15) is 76.8 Å². The van der Waals surface area contributed by atoms with E-state index in [9.17, 15) is 23.1 Å². The number of hydrogen-bond acceptors (Lipinski definition) is 8. The third-order valence-corrected chi connectivity index (χ3v) is 11.7. The number of carbonyl (C=O) groups excluding carboxylic acids is 2. The molecule has 2 aromatic carbocycles. The summed E-state index contributed by atoms with van der Waals surface area (Å²) in [5, 5.41) is 11.2. The SMILES string of the molecule is C=CCN(C(=O)OC(C)(C)C)C1(C(=O)NS(=O)(=O)c2ccc3c(c2)N(C[C@@H]2CC[C@H]2[C@@H](O)C=C)CCCCc2cc(Cl)ccc2CO3)CCC1. The number of halogens is 1. The van der Waals surface area contributed by atoms with Gasteiger partial charge in [-0.2, -0.15) is 0 Å². The van der Waals surface area contributed by atoms with Crippen LogP contribution in [-0.2, 0) is 32.6 Å². The summed E-state index contributed by atoms with van der Waals surface area (Å²) < 4.78 is 42.3. The highest BCUT2D eigenvalue weighted by Gasteiger charge is 2.53. The smallest absolute Gasteiger partial charge is 0.411 e. The van der Waals surface area contributed by atoms with Crippen LogP contribution in [0.25, 0.3) is 0 Å². The van der Waals surface area contributed by atoms with Crippen LogP contribution < -0.4 is 14.4 Å². The maximum Gasteiger partial charge on any atom is 0.411 e. The lowest BCUT2D eigenvalue weighted by Gasteiger charge is -2.47. The van der Waals surface area contributed by atoms with Gasteiger partial charge in [-0.05, 0) is 125 Å². The van der Waals surface area contributed by atoms with Crippen LogP contribution in [0.4, 0.5) is 10.5 Å². The molecule has 10 nitrogen and oxygen atoms in total. The van der Waals surface area contributed by atoms with Gasteiger partial charge in [0, 0.05) is 24.7 Å². The largest absolute Gasteiger partial charge is 0.487 e. The molecule has 1 aliphatic heterocycles. The number of benzene rings is 2. The molecule has 0 bridgehead atoms. The van der Waals surface area contributed by atoms with E-state index in [2.05, 4.69) is 22.8 Å². The number of sulfonamides is 1. The van der Waals surface area contributed by atoms with Crippen LogP contribution in [-0.4, -0.2) is 67.3 Å². The zero-order valence-corrected chi connectivity index (χ0v) is 30.9. The number of amides is 2. The molecule has 2 aromatic rings. The van der Waals surface area contributed by atoms with Gasteiger partial charge < -0.3 is 19.5 Å². The minimum absolute atomic E-state index is 0.0194. The van der Waals surface area contributed by atoms with Crippen LogP contribution in [0.5, 0.6) is 5.75 Å². The Bertz CT molecular complexity index is 1700. The van der Waals surface area contributed by atoms with Gasteiger partial charge in [-0.3, -0.25) is 9.69 Å². The summed E-state index contributed by atoms with van der Waals surface area (Å²) in [6.07, 6.45) is 7.33. The third-order valence-electron chi connectivity index (χ3n) is 10.1. The number of aliphatic hydroxyl groups is 1. The van der Waals surface area contributed by atoms with Crippen molar-refractivity contribution in [3.8, 4) is 5.75 Å². The number of aryl methyl sites for hydroxylation is 1. The Balaban J connectivity index is 1.47. The molecule has 50 heavy (non-hydrogen) atoms. The zero-order valence-electron chi connectivity index (χ0n) is 29.3. The number of carbonyl (C=O) groups is 2. The van der Waals surface area contributed by atoms with E-state index in [0.29, 0.717) is 48.8 Å². The van der Waals surface area contributed by atoms with Gasteiger partial charge in [-0.1, -0.05) is 29.8 Å². The van der Waals surface area contributed by atoms with Gasteiger partial charge in [-0.25, -0.2) is 17.9 Å². The first-order chi connectivity index (χ1) is 23.7. The van der Waals surface area contributed by atoms with E-state index in [1.165, 1.54) is 17.0 Å². The van der Waals surface area contributed by atoms with Gasteiger partial charge in [0.2, 0.25) is 0 Å². The van der Waals surface area contributed by atoms with Gasteiger partial charge >= 0.3 is 6.09 Å². The molecule has 2 fully saturated rings. The Hall–Kier alpha value is -3.54.